The van der Waals surface area contributed by atoms with Gasteiger partial charge in [0.1, 0.15) is 11.0 Å². The Bertz CT molecular complexity index is 956. The summed E-state index contributed by atoms with van der Waals surface area (Å²) in [6.45, 7) is 5.11. The van der Waals surface area contributed by atoms with Crippen LogP contribution in [-0.2, 0) is 13.0 Å². The Morgan fingerprint density at radius 2 is 1.75 bits per heavy atom. The molecule has 3 rings (SSSR count). The summed E-state index contributed by atoms with van der Waals surface area (Å²) in [5.74, 6) is 0.773. The average Bonchev–Trinajstić information content (AvgIpc) is 2.65. The summed E-state index contributed by atoms with van der Waals surface area (Å²) in [4.78, 5) is 14.9. The number of benzene rings is 1. The van der Waals surface area contributed by atoms with Crippen LogP contribution in [0.15, 0.2) is 36.5 Å². The number of nitrogens with two attached hydrogens (primary N) is 1. The van der Waals surface area contributed by atoms with E-state index < -0.39 is 0 Å². The summed E-state index contributed by atoms with van der Waals surface area (Å²) in [5, 5.41) is 1.73. The maximum atomic E-state index is 6.41. The highest BCUT2D eigenvalue weighted by atomic mass is 35.5. The molecule has 0 aliphatic rings. The first-order valence-electron chi connectivity index (χ1n) is 8.73. The Morgan fingerprint density at radius 1 is 1.04 bits per heavy atom. The van der Waals surface area contributed by atoms with Gasteiger partial charge in [-0.3, -0.25) is 4.98 Å². The fraction of sp³-hybridized carbons (Fsp3) is 0.250. The lowest BCUT2D eigenvalue weighted by atomic mass is 10.1. The van der Waals surface area contributed by atoms with Crippen molar-refractivity contribution in [2.45, 2.75) is 26.8 Å². The Balaban J connectivity index is 1.89. The topological polar surface area (TPSA) is 67.9 Å². The van der Waals surface area contributed by atoms with E-state index >= 15 is 0 Å². The van der Waals surface area contributed by atoms with Crippen LogP contribution in [0.5, 0.6) is 0 Å². The van der Waals surface area contributed by atoms with Crippen LogP contribution in [0.25, 0.3) is 0 Å². The van der Waals surface area contributed by atoms with Crippen molar-refractivity contribution in [1.82, 2.24) is 15.0 Å². The Kier molecular flexibility index (Phi) is 6.60. The highest BCUT2D eigenvalue weighted by Crippen LogP contribution is 2.25. The zero-order valence-corrected chi connectivity index (χ0v) is 17.9. The van der Waals surface area contributed by atoms with Gasteiger partial charge in [0, 0.05) is 28.9 Å². The largest absolute Gasteiger partial charge is 0.368 e. The Labute approximate surface area is 179 Å². The molecule has 8 heteroatoms. The van der Waals surface area contributed by atoms with Gasteiger partial charge in [-0.25, -0.2) is 4.98 Å². The van der Waals surface area contributed by atoms with Crippen LogP contribution in [0.2, 0.25) is 15.2 Å². The third-order valence-corrected chi connectivity index (χ3v) is 5.50. The van der Waals surface area contributed by atoms with E-state index in [9.17, 15) is 0 Å². The number of halogens is 3. The molecule has 0 saturated carbocycles. The first kappa shape index (κ1) is 20.6. The van der Waals surface area contributed by atoms with Crippen molar-refractivity contribution < 1.29 is 0 Å². The van der Waals surface area contributed by atoms with Crippen LogP contribution in [0.1, 0.15) is 22.4 Å². The molecule has 0 unspecified atom stereocenters. The normalized spacial score (nSPS) is 10.9. The van der Waals surface area contributed by atoms with E-state index in [1.807, 2.05) is 38.1 Å². The van der Waals surface area contributed by atoms with Crippen molar-refractivity contribution in [1.29, 1.82) is 0 Å². The minimum atomic E-state index is 0.130. The maximum absolute atomic E-state index is 6.41. The Hall–Kier alpha value is -2.08. The summed E-state index contributed by atoms with van der Waals surface area (Å²) < 4.78 is 0. The van der Waals surface area contributed by atoms with E-state index in [-0.39, 0.29) is 5.95 Å². The number of hydrogen-bond donors (Lipinski definition) is 1. The minimum Gasteiger partial charge on any atom is -0.368 e. The summed E-state index contributed by atoms with van der Waals surface area (Å²) in [7, 11) is 0. The monoisotopic (exact) mass is 435 g/mol. The molecule has 0 aliphatic heterocycles. The quantitative estimate of drug-likeness (QED) is 0.532. The van der Waals surface area contributed by atoms with Crippen molar-refractivity contribution in [3.63, 3.8) is 0 Å². The predicted octanol–water partition coefficient (Wildman–Crippen LogP) is 5.28. The van der Waals surface area contributed by atoms with Crippen LogP contribution in [0.4, 0.5) is 11.8 Å². The van der Waals surface area contributed by atoms with Crippen molar-refractivity contribution in [2.75, 3.05) is 17.2 Å². The SMILES string of the molecule is Cc1cnc(CN(CCc2ccc(Cl)cc2)c2cc(Cl)nc(N)n2)c(C)c1Cl. The third kappa shape index (κ3) is 5.04. The number of rotatable bonds is 6. The maximum Gasteiger partial charge on any atom is 0.223 e. The number of anilines is 2. The smallest absolute Gasteiger partial charge is 0.223 e. The fourth-order valence-corrected chi connectivity index (χ4v) is 3.33. The molecule has 0 saturated heterocycles. The molecule has 0 aliphatic carbocycles. The van der Waals surface area contributed by atoms with Gasteiger partial charge in [0.25, 0.3) is 0 Å². The van der Waals surface area contributed by atoms with Gasteiger partial charge in [0.2, 0.25) is 5.95 Å². The van der Waals surface area contributed by atoms with E-state index in [0.717, 1.165) is 33.8 Å². The average molecular weight is 437 g/mol. The highest BCUT2D eigenvalue weighted by Gasteiger charge is 2.15. The summed E-state index contributed by atoms with van der Waals surface area (Å²) in [5.41, 5.74) is 9.74. The van der Waals surface area contributed by atoms with Gasteiger partial charge in [0.05, 0.1) is 12.2 Å². The second kappa shape index (κ2) is 8.95. The molecule has 0 radical (unpaired) electrons. The van der Waals surface area contributed by atoms with Crippen molar-refractivity contribution in [3.05, 3.63) is 74.1 Å². The van der Waals surface area contributed by atoms with Crippen molar-refractivity contribution >= 4 is 46.6 Å². The van der Waals surface area contributed by atoms with Gasteiger partial charge >= 0.3 is 0 Å². The fourth-order valence-electron chi connectivity index (χ4n) is 2.87. The molecular formula is C20H20Cl3N5. The zero-order chi connectivity index (χ0) is 20.3. The molecule has 0 spiro atoms. The van der Waals surface area contributed by atoms with E-state index in [4.69, 9.17) is 40.5 Å². The first-order chi connectivity index (χ1) is 13.3. The van der Waals surface area contributed by atoms with E-state index in [1.54, 1.807) is 12.3 Å². The van der Waals surface area contributed by atoms with Crippen molar-refractivity contribution in [3.8, 4) is 0 Å². The molecule has 28 heavy (non-hydrogen) atoms. The van der Waals surface area contributed by atoms with Crippen LogP contribution >= 0.6 is 34.8 Å². The lowest BCUT2D eigenvalue weighted by Gasteiger charge is -2.25. The molecule has 5 nitrogen and oxygen atoms in total. The number of hydrogen-bond acceptors (Lipinski definition) is 5. The number of nitrogen functional groups attached to an aromatic ring is 1. The molecule has 0 atom stereocenters. The molecule has 1 aromatic carbocycles. The molecule has 0 amide bonds. The number of aryl methyl sites for hydroxylation is 1. The van der Waals surface area contributed by atoms with Crippen LogP contribution < -0.4 is 10.6 Å². The van der Waals surface area contributed by atoms with Crippen LogP contribution in [0.3, 0.4) is 0 Å². The molecule has 2 heterocycles. The molecule has 0 fully saturated rings. The highest BCUT2D eigenvalue weighted by molar-refractivity contribution is 6.32. The standard InChI is InChI=1S/C20H20Cl3N5/c1-12-10-25-16(13(2)19(12)23)11-28(18-9-17(22)26-20(24)27-18)8-7-14-3-5-15(21)6-4-14/h3-6,9-10H,7-8,11H2,1-2H3,(H2,24,26,27). The number of aromatic nitrogens is 3. The number of pyridine rings is 1. The first-order valence-corrected chi connectivity index (χ1v) is 9.87. The zero-order valence-electron chi connectivity index (χ0n) is 15.6. The number of nitrogens with zero attached hydrogens (tertiary/aromatic N) is 4. The van der Waals surface area contributed by atoms with Crippen LogP contribution in [0, 0.1) is 13.8 Å². The minimum absolute atomic E-state index is 0.130. The van der Waals surface area contributed by atoms with Gasteiger partial charge in [-0.15, -0.1) is 0 Å². The van der Waals surface area contributed by atoms with Gasteiger partial charge < -0.3 is 10.6 Å². The van der Waals surface area contributed by atoms with Gasteiger partial charge in [-0.05, 0) is 49.1 Å². The summed E-state index contributed by atoms with van der Waals surface area (Å²) >= 11 is 18.5. The summed E-state index contributed by atoms with van der Waals surface area (Å²) in [6, 6.07) is 9.48. The second-order valence-electron chi connectivity index (χ2n) is 6.53. The van der Waals surface area contributed by atoms with E-state index in [0.29, 0.717) is 29.1 Å². The lowest BCUT2D eigenvalue weighted by molar-refractivity contribution is 0.749. The molecule has 146 valence electrons. The molecular weight excluding hydrogens is 417 g/mol. The van der Waals surface area contributed by atoms with Crippen molar-refractivity contribution in [2.24, 2.45) is 0 Å². The Morgan fingerprint density at radius 3 is 2.43 bits per heavy atom. The molecule has 0 bridgehead atoms. The predicted molar refractivity (Wildman–Crippen MR) is 116 cm³/mol. The molecule has 2 N–H and O–H groups in total. The molecule has 2 aromatic heterocycles. The van der Waals surface area contributed by atoms with Gasteiger partial charge in [0.15, 0.2) is 0 Å². The van der Waals surface area contributed by atoms with E-state index in [1.165, 1.54) is 0 Å². The van der Waals surface area contributed by atoms with E-state index in [2.05, 4.69) is 19.9 Å². The summed E-state index contributed by atoms with van der Waals surface area (Å²) in [6.07, 6.45) is 2.57. The van der Waals surface area contributed by atoms with Crippen LogP contribution in [-0.4, -0.2) is 21.5 Å². The third-order valence-electron chi connectivity index (χ3n) is 4.47. The van der Waals surface area contributed by atoms with Gasteiger partial charge in [-0.1, -0.05) is 46.9 Å². The lowest BCUT2D eigenvalue weighted by Crippen LogP contribution is -2.27. The van der Waals surface area contributed by atoms with Gasteiger partial charge in [-0.2, -0.15) is 4.98 Å². The molecule has 3 aromatic rings. The second-order valence-corrected chi connectivity index (χ2v) is 7.73.